The molecule has 0 bridgehead atoms. The number of thiophene rings is 1. The molecule has 1 amide bonds. The molecule has 0 spiro atoms. The maximum absolute atomic E-state index is 13.5. The van der Waals surface area contributed by atoms with Crippen molar-refractivity contribution in [3.63, 3.8) is 0 Å². The molecule has 6 heteroatoms. The van der Waals surface area contributed by atoms with Crippen molar-refractivity contribution in [2.45, 2.75) is 79.1 Å². The number of benzene rings is 1. The predicted octanol–water partition coefficient (Wildman–Crippen LogP) is 4.71. The number of aliphatic hydroxyl groups is 1. The lowest BCUT2D eigenvalue weighted by Crippen LogP contribution is -2.52. The molecule has 1 aromatic heterocycles. The summed E-state index contributed by atoms with van der Waals surface area (Å²) in [5.41, 5.74) is 3.17. The Morgan fingerprint density at radius 2 is 1.73 bits per heavy atom. The van der Waals surface area contributed by atoms with Crippen LogP contribution >= 0.6 is 11.3 Å². The van der Waals surface area contributed by atoms with E-state index >= 15 is 0 Å². The molecular weight excluding hydrogens is 432 g/mol. The van der Waals surface area contributed by atoms with Crippen LogP contribution in [0.5, 0.6) is 0 Å². The van der Waals surface area contributed by atoms with E-state index in [0.717, 1.165) is 5.56 Å². The topological polar surface area (TPSA) is 78.4 Å². The third-order valence-corrected chi connectivity index (χ3v) is 7.50. The molecule has 5 nitrogen and oxygen atoms in total. The number of carbonyl (C=O) groups excluding carboxylic acids is 2. The third kappa shape index (κ3) is 6.31. The molecule has 4 atom stereocenters. The second-order valence-electron chi connectivity index (χ2n) is 10.7. The number of Topliss-reactive ketones (excluding diaryl/α,β-unsaturated/α-hetero) is 1. The van der Waals surface area contributed by atoms with Gasteiger partial charge in [0.1, 0.15) is 0 Å². The second-order valence-corrected chi connectivity index (χ2v) is 11.6. The van der Waals surface area contributed by atoms with Gasteiger partial charge in [0.15, 0.2) is 5.78 Å². The number of aliphatic hydroxyl groups excluding tert-OH is 1. The molecule has 1 aromatic carbocycles. The molecule has 1 fully saturated rings. The van der Waals surface area contributed by atoms with Crippen LogP contribution in [-0.2, 0) is 16.1 Å². The van der Waals surface area contributed by atoms with E-state index in [2.05, 4.69) is 41.1 Å². The van der Waals surface area contributed by atoms with E-state index in [1.165, 1.54) is 16.0 Å². The molecule has 0 aliphatic heterocycles. The first kappa shape index (κ1) is 25.6. The van der Waals surface area contributed by atoms with E-state index in [1.807, 2.05) is 46.8 Å². The highest BCUT2D eigenvalue weighted by Crippen LogP contribution is 2.36. The van der Waals surface area contributed by atoms with Gasteiger partial charge < -0.3 is 15.7 Å². The van der Waals surface area contributed by atoms with E-state index < -0.39 is 17.9 Å². The Labute approximate surface area is 202 Å². The highest BCUT2D eigenvalue weighted by molar-refractivity contribution is 7.13. The minimum atomic E-state index is -0.623. The summed E-state index contributed by atoms with van der Waals surface area (Å²) < 4.78 is 0. The molecule has 1 aliphatic rings. The van der Waals surface area contributed by atoms with Gasteiger partial charge >= 0.3 is 0 Å². The molecule has 3 rings (SSSR count). The van der Waals surface area contributed by atoms with Crippen molar-refractivity contribution < 1.29 is 14.7 Å². The minimum Gasteiger partial charge on any atom is -0.393 e. The van der Waals surface area contributed by atoms with Crippen LogP contribution in [0.1, 0.15) is 58.6 Å². The molecule has 180 valence electrons. The second kappa shape index (κ2) is 10.5. The first-order valence-electron chi connectivity index (χ1n) is 11.9. The van der Waals surface area contributed by atoms with Gasteiger partial charge in [-0.15, -0.1) is 11.3 Å². The number of carbonyl (C=O) groups is 2. The smallest absolute Gasteiger partial charge is 0.224 e. The van der Waals surface area contributed by atoms with Gasteiger partial charge in [0.2, 0.25) is 5.91 Å². The zero-order chi connectivity index (χ0) is 24.3. The summed E-state index contributed by atoms with van der Waals surface area (Å²) in [7, 11) is 0. The van der Waals surface area contributed by atoms with Crippen LogP contribution in [-0.4, -0.2) is 35.0 Å². The van der Waals surface area contributed by atoms with Gasteiger partial charge in [-0.05, 0) is 53.3 Å². The van der Waals surface area contributed by atoms with Gasteiger partial charge in [-0.25, -0.2) is 0 Å². The van der Waals surface area contributed by atoms with Crippen LogP contribution in [0.4, 0.5) is 0 Å². The number of nitrogens with one attached hydrogen (secondary N) is 2. The molecule has 3 N–H and O–H groups in total. The lowest BCUT2D eigenvalue weighted by atomic mass is 9.77. The van der Waals surface area contributed by atoms with Crippen LogP contribution in [0, 0.1) is 24.2 Å². The Morgan fingerprint density at radius 1 is 1.09 bits per heavy atom. The molecule has 33 heavy (non-hydrogen) atoms. The van der Waals surface area contributed by atoms with Crippen molar-refractivity contribution in [2.24, 2.45) is 17.3 Å². The molecule has 1 saturated carbocycles. The summed E-state index contributed by atoms with van der Waals surface area (Å²) in [5.74, 6) is -1.09. The fraction of sp³-hybridized carbons (Fsp3) is 0.556. The number of hydrogen-bond donors (Lipinski definition) is 3. The number of rotatable bonds is 8. The molecule has 0 saturated heterocycles. The highest BCUT2D eigenvalue weighted by Gasteiger charge is 2.46. The zero-order valence-corrected chi connectivity index (χ0v) is 21.5. The number of amides is 1. The van der Waals surface area contributed by atoms with Gasteiger partial charge in [0.25, 0.3) is 0 Å². The van der Waals surface area contributed by atoms with Gasteiger partial charge in [-0.1, -0.05) is 58.9 Å². The molecular formula is C27H38N2O3S. The normalized spacial score (nSPS) is 21.9. The van der Waals surface area contributed by atoms with E-state index in [0.29, 0.717) is 19.4 Å². The quantitative estimate of drug-likeness (QED) is 0.522. The average molecular weight is 471 g/mol. The fourth-order valence-electron chi connectivity index (χ4n) is 4.68. The van der Waals surface area contributed by atoms with E-state index in [4.69, 9.17) is 0 Å². The Morgan fingerprint density at radius 3 is 2.27 bits per heavy atom. The Bertz CT molecular complexity index is 958. The zero-order valence-electron chi connectivity index (χ0n) is 20.6. The molecule has 2 aromatic rings. The minimum absolute atomic E-state index is 0.0311. The van der Waals surface area contributed by atoms with Gasteiger partial charge in [-0.2, -0.15) is 0 Å². The maximum atomic E-state index is 13.5. The third-order valence-electron chi connectivity index (χ3n) is 6.44. The SMILES string of the molecule is Cc1ccsc1-c1ccc(CNC(=O)[C@@H]2C[C@@H](O)CC2C(=O)[C@@H](NC(C)C)C(C)(C)C)cc1. The average Bonchev–Trinajstić information content (AvgIpc) is 3.35. The van der Waals surface area contributed by atoms with Crippen molar-refractivity contribution in [2.75, 3.05) is 0 Å². The summed E-state index contributed by atoms with van der Waals surface area (Å²) in [6, 6.07) is 10.1. The van der Waals surface area contributed by atoms with E-state index in [1.54, 1.807) is 11.3 Å². The van der Waals surface area contributed by atoms with Crippen molar-refractivity contribution in [1.82, 2.24) is 10.6 Å². The molecule has 1 unspecified atom stereocenters. The lowest BCUT2D eigenvalue weighted by Gasteiger charge is -2.34. The van der Waals surface area contributed by atoms with Crippen LogP contribution in [0.3, 0.4) is 0 Å². The fourth-order valence-corrected chi connectivity index (χ4v) is 5.62. The molecule has 0 radical (unpaired) electrons. The lowest BCUT2D eigenvalue weighted by molar-refractivity contribution is -0.135. The molecule has 1 heterocycles. The van der Waals surface area contributed by atoms with Crippen LogP contribution in [0.2, 0.25) is 0 Å². The summed E-state index contributed by atoms with van der Waals surface area (Å²) >= 11 is 1.72. The van der Waals surface area contributed by atoms with Crippen LogP contribution < -0.4 is 10.6 Å². The predicted molar refractivity (Wildman–Crippen MR) is 135 cm³/mol. The van der Waals surface area contributed by atoms with Crippen molar-refractivity contribution in [3.05, 3.63) is 46.8 Å². The van der Waals surface area contributed by atoms with Crippen LogP contribution in [0.15, 0.2) is 35.7 Å². The van der Waals surface area contributed by atoms with Crippen molar-refractivity contribution in [3.8, 4) is 10.4 Å². The first-order chi connectivity index (χ1) is 15.5. The molecule has 1 aliphatic carbocycles. The highest BCUT2D eigenvalue weighted by atomic mass is 32.1. The Kier molecular flexibility index (Phi) is 8.14. The van der Waals surface area contributed by atoms with E-state index in [9.17, 15) is 14.7 Å². The van der Waals surface area contributed by atoms with Crippen molar-refractivity contribution >= 4 is 23.0 Å². The maximum Gasteiger partial charge on any atom is 0.224 e. The summed E-state index contributed by atoms with van der Waals surface area (Å²) in [6.45, 7) is 12.7. The largest absolute Gasteiger partial charge is 0.393 e. The van der Waals surface area contributed by atoms with Gasteiger partial charge in [0.05, 0.1) is 18.1 Å². The summed E-state index contributed by atoms with van der Waals surface area (Å²) in [6.07, 6.45) is 0.0536. The van der Waals surface area contributed by atoms with Gasteiger partial charge in [-0.3, -0.25) is 9.59 Å². The summed E-state index contributed by atoms with van der Waals surface area (Å²) in [4.78, 5) is 27.8. The number of aryl methyl sites for hydroxylation is 1. The standard InChI is InChI=1S/C27H38N2O3S/c1-16(2)29-25(27(4,5)6)23(31)21-13-20(30)14-22(21)26(32)28-15-18-7-9-19(10-8-18)24-17(3)11-12-33-24/h7-12,16,20-22,25,29-30H,13-15H2,1-6H3,(H,28,32)/t20-,21?,22+,25+/m0/s1. The Balaban J connectivity index is 1.66. The first-order valence-corrected chi connectivity index (χ1v) is 12.7. The number of hydrogen-bond acceptors (Lipinski definition) is 5. The Hall–Kier alpha value is -2.02. The van der Waals surface area contributed by atoms with E-state index in [-0.39, 0.29) is 29.2 Å². The van der Waals surface area contributed by atoms with Crippen LogP contribution in [0.25, 0.3) is 10.4 Å². The van der Waals surface area contributed by atoms with Crippen molar-refractivity contribution in [1.29, 1.82) is 0 Å². The number of ketones is 1. The monoisotopic (exact) mass is 470 g/mol. The van der Waals surface area contributed by atoms with Gasteiger partial charge in [0, 0.05) is 23.4 Å². The summed E-state index contributed by atoms with van der Waals surface area (Å²) in [5, 5.41) is 18.8.